The number of anilines is 1. The molecule has 0 radical (unpaired) electrons. The predicted molar refractivity (Wildman–Crippen MR) is 88.8 cm³/mol. The molecule has 3 rings (SSSR count). The summed E-state index contributed by atoms with van der Waals surface area (Å²) in [6.45, 7) is 2.01. The van der Waals surface area contributed by atoms with Crippen molar-refractivity contribution in [3.05, 3.63) is 18.2 Å². The van der Waals surface area contributed by atoms with Crippen molar-refractivity contribution in [2.75, 3.05) is 5.32 Å². The number of amides is 1. The second kappa shape index (κ2) is 7.38. The molecule has 2 saturated carbocycles. The summed E-state index contributed by atoms with van der Waals surface area (Å²) in [5.41, 5.74) is 6.97. The number of hydrogen-bond acceptors (Lipinski definition) is 4. The minimum Gasteiger partial charge on any atom is -0.327 e. The topological polar surface area (TPSA) is 80.9 Å². The zero-order valence-electron chi connectivity index (χ0n) is 13.0. The highest BCUT2D eigenvalue weighted by Gasteiger charge is 2.40. The second-order valence-electron chi connectivity index (χ2n) is 6.43. The van der Waals surface area contributed by atoms with Gasteiger partial charge in [0.1, 0.15) is 5.82 Å². The Morgan fingerprint density at radius 3 is 2.41 bits per heavy atom. The highest BCUT2D eigenvalue weighted by molar-refractivity contribution is 5.92. The predicted octanol–water partition coefficient (Wildman–Crippen LogP) is 2.55. The van der Waals surface area contributed by atoms with Crippen LogP contribution in [0.5, 0.6) is 0 Å². The van der Waals surface area contributed by atoms with Crippen molar-refractivity contribution in [1.29, 1.82) is 0 Å². The minimum absolute atomic E-state index is 0. The number of nitrogens with two attached hydrogens (primary N) is 1. The van der Waals surface area contributed by atoms with E-state index >= 15 is 0 Å². The van der Waals surface area contributed by atoms with Gasteiger partial charge in [-0.15, -0.1) is 12.4 Å². The van der Waals surface area contributed by atoms with Gasteiger partial charge in [0, 0.05) is 18.4 Å². The molecule has 0 aromatic carbocycles. The van der Waals surface area contributed by atoms with Gasteiger partial charge in [-0.2, -0.15) is 0 Å². The molecule has 5 nitrogen and oxygen atoms in total. The Balaban J connectivity index is 0.00000176. The summed E-state index contributed by atoms with van der Waals surface area (Å²) in [4.78, 5) is 20.9. The van der Waals surface area contributed by atoms with Crippen LogP contribution in [-0.2, 0) is 11.2 Å². The zero-order valence-corrected chi connectivity index (χ0v) is 13.8. The van der Waals surface area contributed by atoms with E-state index in [0.717, 1.165) is 25.1 Å². The number of halogens is 1. The molecule has 6 heteroatoms. The van der Waals surface area contributed by atoms with Crippen LogP contribution in [0.15, 0.2) is 12.4 Å². The molecule has 122 valence electrons. The molecule has 3 N–H and O–H groups in total. The van der Waals surface area contributed by atoms with Crippen molar-refractivity contribution in [2.24, 2.45) is 23.5 Å². The molecular weight excluding hydrogens is 300 g/mol. The van der Waals surface area contributed by atoms with Crippen LogP contribution >= 0.6 is 12.4 Å². The standard InChI is InChI=1S/C16H24N4O.ClH/c1-2-14-18-8-13(9-19-14)20-16(21)12-6-10-4-3-5-11(7-12)15(10)17;/h8-12,15H,2-7,17H2,1H3,(H,20,21);1H. The van der Waals surface area contributed by atoms with Crippen LogP contribution in [-0.4, -0.2) is 21.9 Å². The van der Waals surface area contributed by atoms with Gasteiger partial charge in [-0.25, -0.2) is 9.97 Å². The number of fused-ring (bicyclic) bond motifs is 2. The number of aromatic nitrogens is 2. The van der Waals surface area contributed by atoms with Gasteiger partial charge in [0.25, 0.3) is 0 Å². The second-order valence-corrected chi connectivity index (χ2v) is 6.43. The van der Waals surface area contributed by atoms with E-state index in [1.807, 2.05) is 6.92 Å². The van der Waals surface area contributed by atoms with Crippen molar-refractivity contribution in [1.82, 2.24) is 9.97 Å². The third-order valence-corrected chi connectivity index (χ3v) is 5.07. The largest absolute Gasteiger partial charge is 0.327 e. The van der Waals surface area contributed by atoms with E-state index in [1.54, 1.807) is 12.4 Å². The van der Waals surface area contributed by atoms with Gasteiger partial charge >= 0.3 is 0 Å². The van der Waals surface area contributed by atoms with Gasteiger partial charge in [-0.3, -0.25) is 4.79 Å². The van der Waals surface area contributed by atoms with Crippen molar-refractivity contribution in [3.8, 4) is 0 Å². The fraction of sp³-hybridized carbons (Fsp3) is 0.688. The van der Waals surface area contributed by atoms with E-state index in [4.69, 9.17) is 5.73 Å². The number of hydrogen-bond donors (Lipinski definition) is 2. The van der Waals surface area contributed by atoms with Crippen molar-refractivity contribution < 1.29 is 4.79 Å². The maximum absolute atomic E-state index is 12.5. The molecule has 1 amide bonds. The van der Waals surface area contributed by atoms with Crippen LogP contribution in [0.3, 0.4) is 0 Å². The Hall–Kier alpha value is -1.20. The third-order valence-electron chi connectivity index (χ3n) is 5.07. The van der Waals surface area contributed by atoms with Gasteiger partial charge in [-0.05, 0) is 37.5 Å². The zero-order chi connectivity index (χ0) is 14.8. The Bertz CT molecular complexity index is 493. The fourth-order valence-electron chi connectivity index (χ4n) is 3.85. The first-order chi connectivity index (χ1) is 10.2. The Labute approximate surface area is 137 Å². The molecule has 0 aliphatic heterocycles. The van der Waals surface area contributed by atoms with E-state index in [0.29, 0.717) is 23.6 Å². The number of carbonyl (C=O) groups excluding carboxylic acids is 1. The van der Waals surface area contributed by atoms with Crippen LogP contribution < -0.4 is 11.1 Å². The number of nitrogens with zero attached hydrogens (tertiary/aromatic N) is 2. The van der Waals surface area contributed by atoms with E-state index in [-0.39, 0.29) is 24.2 Å². The summed E-state index contributed by atoms with van der Waals surface area (Å²) in [5, 5.41) is 2.96. The first kappa shape index (κ1) is 17.2. The molecule has 2 aliphatic carbocycles. The molecule has 2 bridgehead atoms. The summed E-state index contributed by atoms with van der Waals surface area (Å²) in [7, 11) is 0. The SMILES string of the molecule is CCc1ncc(NC(=O)C2CC3CCCC(C2)C3N)cn1.Cl. The van der Waals surface area contributed by atoms with Gasteiger partial charge in [0.15, 0.2) is 0 Å². The number of nitrogens with one attached hydrogen (secondary N) is 1. The lowest BCUT2D eigenvalue weighted by atomic mass is 9.65. The van der Waals surface area contributed by atoms with E-state index in [1.165, 1.54) is 19.3 Å². The van der Waals surface area contributed by atoms with E-state index < -0.39 is 0 Å². The van der Waals surface area contributed by atoms with Gasteiger partial charge in [-0.1, -0.05) is 13.3 Å². The van der Waals surface area contributed by atoms with Gasteiger partial charge in [0.05, 0.1) is 18.1 Å². The van der Waals surface area contributed by atoms with Crippen LogP contribution in [0.2, 0.25) is 0 Å². The minimum atomic E-state index is 0. The van der Waals surface area contributed by atoms with Crippen molar-refractivity contribution >= 4 is 24.0 Å². The van der Waals surface area contributed by atoms with Crippen LogP contribution in [0.1, 0.15) is 44.9 Å². The summed E-state index contributed by atoms with van der Waals surface area (Å²) < 4.78 is 0. The number of carbonyl (C=O) groups is 1. The van der Waals surface area contributed by atoms with Gasteiger partial charge < -0.3 is 11.1 Å². The third kappa shape index (κ3) is 3.58. The maximum atomic E-state index is 12.5. The summed E-state index contributed by atoms with van der Waals surface area (Å²) in [6.07, 6.45) is 9.67. The molecule has 2 unspecified atom stereocenters. The van der Waals surface area contributed by atoms with E-state index in [9.17, 15) is 4.79 Å². The molecule has 0 saturated heterocycles. The summed E-state index contributed by atoms with van der Waals surface area (Å²) >= 11 is 0. The molecule has 0 spiro atoms. The van der Waals surface area contributed by atoms with Crippen LogP contribution in [0, 0.1) is 17.8 Å². The Kier molecular flexibility index (Phi) is 5.75. The average Bonchev–Trinajstić information content (AvgIpc) is 2.47. The lowest BCUT2D eigenvalue weighted by molar-refractivity contribution is -0.122. The highest BCUT2D eigenvalue weighted by atomic mass is 35.5. The lowest BCUT2D eigenvalue weighted by Gasteiger charge is -2.43. The highest BCUT2D eigenvalue weighted by Crippen LogP contribution is 2.42. The normalized spacial score (nSPS) is 30.3. The molecule has 2 fully saturated rings. The first-order valence-corrected chi connectivity index (χ1v) is 8.04. The van der Waals surface area contributed by atoms with Crippen LogP contribution in [0.4, 0.5) is 5.69 Å². The fourth-order valence-corrected chi connectivity index (χ4v) is 3.85. The van der Waals surface area contributed by atoms with Gasteiger partial charge in [0.2, 0.25) is 5.91 Å². The molecule has 22 heavy (non-hydrogen) atoms. The molecular formula is C16H25ClN4O. The summed E-state index contributed by atoms with van der Waals surface area (Å²) in [6, 6.07) is 0.301. The molecule has 1 aromatic rings. The maximum Gasteiger partial charge on any atom is 0.227 e. The lowest BCUT2D eigenvalue weighted by Crippen LogP contribution is -2.48. The Morgan fingerprint density at radius 1 is 1.27 bits per heavy atom. The number of rotatable bonds is 3. The van der Waals surface area contributed by atoms with Crippen molar-refractivity contribution in [2.45, 2.75) is 51.5 Å². The smallest absolute Gasteiger partial charge is 0.227 e. The quantitative estimate of drug-likeness (QED) is 0.895. The molecule has 2 aliphatic rings. The molecule has 1 heterocycles. The first-order valence-electron chi connectivity index (χ1n) is 8.04. The van der Waals surface area contributed by atoms with Crippen molar-refractivity contribution in [3.63, 3.8) is 0 Å². The number of aryl methyl sites for hydroxylation is 1. The molecule has 1 aromatic heterocycles. The molecule has 2 atom stereocenters. The van der Waals surface area contributed by atoms with Crippen LogP contribution in [0.25, 0.3) is 0 Å². The Morgan fingerprint density at radius 2 is 1.86 bits per heavy atom. The van der Waals surface area contributed by atoms with E-state index in [2.05, 4.69) is 15.3 Å². The average molecular weight is 325 g/mol. The summed E-state index contributed by atoms with van der Waals surface area (Å²) in [5.74, 6) is 2.03. The monoisotopic (exact) mass is 324 g/mol.